The number of amidine groups is 1. The maximum Gasteiger partial charge on any atom is 0.282 e. The normalized spacial score (nSPS) is 18.1. The Labute approximate surface area is 130 Å². The Morgan fingerprint density at radius 1 is 1.45 bits per heavy atom. The summed E-state index contributed by atoms with van der Waals surface area (Å²) in [5.74, 6) is 0.637. The third-order valence-electron chi connectivity index (χ3n) is 3.22. The van der Waals surface area contributed by atoms with Gasteiger partial charge in [0, 0.05) is 5.69 Å². The molecule has 1 aliphatic heterocycles. The zero-order valence-electron chi connectivity index (χ0n) is 12.4. The van der Waals surface area contributed by atoms with Gasteiger partial charge >= 0.3 is 0 Å². The zero-order chi connectivity index (χ0) is 15.8. The summed E-state index contributed by atoms with van der Waals surface area (Å²) in [6.07, 6.45) is 6.50. The van der Waals surface area contributed by atoms with Crippen molar-refractivity contribution in [2.45, 2.75) is 18.9 Å². The largest absolute Gasteiger partial charge is 0.463 e. The van der Waals surface area contributed by atoms with E-state index in [2.05, 4.69) is 34.0 Å². The third-order valence-corrected chi connectivity index (χ3v) is 3.22. The average Bonchev–Trinajstić information content (AvgIpc) is 2.93. The van der Waals surface area contributed by atoms with E-state index in [1.54, 1.807) is 12.2 Å². The lowest BCUT2D eigenvalue weighted by molar-refractivity contribution is 0.308. The smallest absolute Gasteiger partial charge is 0.282 e. The molecular formula is C16H21N5O. The first-order chi connectivity index (χ1) is 10.7. The van der Waals surface area contributed by atoms with Gasteiger partial charge in [-0.15, -0.1) is 0 Å². The number of nitrogens with two attached hydrogens (primary N) is 2. The summed E-state index contributed by atoms with van der Waals surface area (Å²) >= 11 is 0. The number of anilines is 1. The molecule has 116 valence electrons. The van der Waals surface area contributed by atoms with Crippen LogP contribution >= 0.6 is 0 Å². The number of allylic oxidation sites excluding steroid dienone is 2. The molecule has 0 aromatic heterocycles. The summed E-state index contributed by atoms with van der Waals surface area (Å²) in [6.45, 7) is 4.23. The lowest BCUT2D eigenvalue weighted by atomic mass is 10.1. The summed E-state index contributed by atoms with van der Waals surface area (Å²) in [5.41, 5.74) is 13.0. The number of hydrogen-bond acceptors (Lipinski definition) is 5. The van der Waals surface area contributed by atoms with Gasteiger partial charge in [-0.1, -0.05) is 24.8 Å². The van der Waals surface area contributed by atoms with Crippen molar-refractivity contribution in [3.63, 3.8) is 0 Å². The molecule has 6 heteroatoms. The van der Waals surface area contributed by atoms with Crippen LogP contribution in [0.25, 0.3) is 0 Å². The van der Waals surface area contributed by atoms with Crippen LogP contribution in [-0.4, -0.2) is 25.0 Å². The molecule has 5 N–H and O–H groups in total. The van der Waals surface area contributed by atoms with E-state index in [-0.39, 0.29) is 6.04 Å². The van der Waals surface area contributed by atoms with Crippen molar-refractivity contribution in [3.05, 3.63) is 54.4 Å². The van der Waals surface area contributed by atoms with Gasteiger partial charge in [-0.25, -0.2) is 9.98 Å². The van der Waals surface area contributed by atoms with Crippen molar-refractivity contribution >= 4 is 18.0 Å². The van der Waals surface area contributed by atoms with Crippen molar-refractivity contribution < 1.29 is 4.74 Å². The molecule has 0 unspecified atom stereocenters. The summed E-state index contributed by atoms with van der Waals surface area (Å²) in [6, 6.07) is 8.61. The van der Waals surface area contributed by atoms with Crippen molar-refractivity contribution in [1.29, 1.82) is 0 Å². The number of nitrogens with one attached hydrogen (secondary N) is 1. The molecule has 1 aromatic rings. The number of ether oxygens (including phenoxy) is 1. The van der Waals surface area contributed by atoms with Gasteiger partial charge in [0.1, 0.15) is 12.4 Å². The Kier molecular flexibility index (Phi) is 5.59. The lowest BCUT2D eigenvalue weighted by Gasteiger charge is -2.08. The quantitative estimate of drug-likeness (QED) is 0.406. The van der Waals surface area contributed by atoms with Crippen molar-refractivity contribution in [2.24, 2.45) is 21.5 Å². The van der Waals surface area contributed by atoms with E-state index in [9.17, 15) is 0 Å². The van der Waals surface area contributed by atoms with Crippen LogP contribution in [0.3, 0.4) is 0 Å². The highest BCUT2D eigenvalue weighted by atomic mass is 16.5. The van der Waals surface area contributed by atoms with Gasteiger partial charge in [0.25, 0.3) is 6.02 Å². The van der Waals surface area contributed by atoms with E-state index in [1.165, 1.54) is 11.9 Å². The lowest BCUT2D eigenvalue weighted by Crippen LogP contribution is -2.10. The highest BCUT2D eigenvalue weighted by molar-refractivity contribution is 5.73. The number of benzene rings is 1. The van der Waals surface area contributed by atoms with E-state index >= 15 is 0 Å². The van der Waals surface area contributed by atoms with Crippen LogP contribution in [0, 0.1) is 0 Å². The Hall–Kier alpha value is -2.76. The molecule has 0 saturated carbocycles. The molecule has 22 heavy (non-hydrogen) atoms. The molecule has 0 spiro atoms. The summed E-state index contributed by atoms with van der Waals surface area (Å²) in [5, 5.41) is 3.16. The molecule has 1 heterocycles. The molecule has 0 saturated heterocycles. The van der Waals surface area contributed by atoms with Crippen molar-refractivity contribution in [2.75, 3.05) is 11.9 Å². The Balaban J connectivity index is 1.89. The number of aliphatic imine (C=N–C) groups is 2. The monoisotopic (exact) mass is 299 g/mol. The van der Waals surface area contributed by atoms with Gasteiger partial charge in [0.15, 0.2) is 0 Å². The van der Waals surface area contributed by atoms with E-state index in [0.29, 0.717) is 18.4 Å². The van der Waals surface area contributed by atoms with Crippen LogP contribution in [0.4, 0.5) is 5.69 Å². The molecule has 0 fully saturated rings. The van der Waals surface area contributed by atoms with Crippen LogP contribution in [0.5, 0.6) is 0 Å². The number of hydrogen-bond donors (Lipinski definition) is 3. The first kappa shape index (κ1) is 15.6. The molecule has 1 aromatic carbocycles. The summed E-state index contributed by atoms with van der Waals surface area (Å²) < 4.78 is 5.14. The van der Waals surface area contributed by atoms with E-state index in [1.807, 2.05) is 12.1 Å². The first-order valence-corrected chi connectivity index (χ1v) is 7.10. The summed E-state index contributed by atoms with van der Waals surface area (Å²) in [4.78, 5) is 8.24. The highest BCUT2D eigenvalue weighted by Gasteiger charge is 2.15. The van der Waals surface area contributed by atoms with Gasteiger partial charge in [0.05, 0.1) is 12.4 Å². The molecule has 0 aliphatic carbocycles. The Morgan fingerprint density at radius 2 is 2.23 bits per heavy atom. The Bertz CT molecular complexity index is 589. The SMILES string of the molecule is C=C/C=C(\N=CN)Nc1ccc(CC[C@H]2COC(N)=N2)cc1. The van der Waals surface area contributed by atoms with Gasteiger partial charge < -0.3 is 21.5 Å². The van der Waals surface area contributed by atoms with E-state index in [4.69, 9.17) is 16.2 Å². The van der Waals surface area contributed by atoms with Crippen LogP contribution in [0.1, 0.15) is 12.0 Å². The molecule has 1 aliphatic rings. The second-order valence-electron chi connectivity index (χ2n) is 4.86. The predicted octanol–water partition coefficient (Wildman–Crippen LogP) is 1.76. The van der Waals surface area contributed by atoms with Crippen LogP contribution < -0.4 is 16.8 Å². The van der Waals surface area contributed by atoms with Crippen LogP contribution in [0.2, 0.25) is 0 Å². The third kappa shape index (κ3) is 4.66. The fraction of sp³-hybridized carbons (Fsp3) is 0.250. The van der Waals surface area contributed by atoms with Gasteiger partial charge in [-0.3, -0.25) is 0 Å². The maximum absolute atomic E-state index is 5.50. The maximum atomic E-state index is 5.50. The zero-order valence-corrected chi connectivity index (χ0v) is 12.4. The molecule has 2 rings (SSSR count). The minimum atomic E-state index is 0.166. The molecule has 0 amide bonds. The van der Waals surface area contributed by atoms with Gasteiger partial charge in [-0.2, -0.15) is 0 Å². The van der Waals surface area contributed by atoms with E-state index < -0.39 is 0 Å². The van der Waals surface area contributed by atoms with Gasteiger partial charge in [-0.05, 0) is 36.6 Å². The topological polar surface area (TPSA) is 98.0 Å². The van der Waals surface area contributed by atoms with Crippen molar-refractivity contribution in [1.82, 2.24) is 0 Å². The number of nitrogens with zero attached hydrogens (tertiary/aromatic N) is 2. The van der Waals surface area contributed by atoms with Crippen molar-refractivity contribution in [3.8, 4) is 0 Å². The molecule has 0 radical (unpaired) electrons. The number of rotatable bonds is 7. The second-order valence-corrected chi connectivity index (χ2v) is 4.86. The average molecular weight is 299 g/mol. The first-order valence-electron chi connectivity index (χ1n) is 7.10. The summed E-state index contributed by atoms with van der Waals surface area (Å²) in [7, 11) is 0. The highest BCUT2D eigenvalue weighted by Crippen LogP contribution is 2.16. The predicted molar refractivity (Wildman–Crippen MR) is 90.7 cm³/mol. The van der Waals surface area contributed by atoms with Crippen LogP contribution in [-0.2, 0) is 11.2 Å². The fourth-order valence-corrected chi connectivity index (χ4v) is 2.13. The molecule has 6 nitrogen and oxygen atoms in total. The second kappa shape index (κ2) is 7.87. The molecular weight excluding hydrogens is 278 g/mol. The minimum absolute atomic E-state index is 0.166. The minimum Gasteiger partial charge on any atom is -0.463 e. The fourth-order valence-electron chi connectivity index (χ4n) is 2.13. The molecule has 0 bridgehead atoms. The van der Waals surface area contributed by atoms with Gasteiger partial charge in [0.2, 0.25) is 0 Å². The standard InChI is InChI=1S/C16H21N5O/c1-2-3-15(19-11-17)20-13-7-4-12(5-8-13)6-9-14-10-22-16(18)21-14/h2-5,7-8,11,14,20H,1,6,9-10H2,(H2,17,19)(H2,18,21)/b15-3+/t14-/m0/s1. The number of aryl methyl sites for hydroxylation is 1. The van der Waals surface area contributed by atoms with Crippen LogP contribution in [0.15, 0.2) is 58.8 Å². The molecule has 1 atom stereocenters. The van der Waals surface area contributed by atoms with E-state index in [0.717, 1.165) is 18.5 Å². The Morgan fingerprint density at radius 3 is 2.82 bits per heavy atom.